The minimum Gasteiger partial charge on any atom is -0.422 e. The topological polar surface area (TPSA) is 59.3 Å². The molecule has 0 aliphatic carbocycles. The first kappa shape index (κ1) is 17.9. The second-order valence-corrected chi connectivity index (χ2v) is 7.12. The number of aryl methyl sites for hydroxylation is 1. The lowest BCUT2D eigenvalue weighted by Gasteiger charge is -2.17. The molecule has 0 aliphatic heterocycles. The van der Waals surface area contributed by atoms with Gasteiger partial charge in [0.1, 0.15) is 11.1 Å². The molecule has 2 aromatic carbocycles. The summed E-state index contributed by atoms with van der Waals surface area (Å²) < 4.78 is 5.26. The van der Waals surface area contributed by atoms with Crippen LogP contribution in [0.5, 0.6) is 0 Å². The number of hydrogen-bond donors (Lipinski definition) is 1. The first-order chi connectivity index (χ1) is 12.4. The van der Waals surface area contributed by atoms with Gasteiger partial charge in [-0.05, 0) is 67.1 Å². The Morgan fingerprint density at radius 1 is 1.12 bits per heavy atom. The normalized spacial score (nSPS) is 11.1. The standard InChI is InChI=1S/C22H23NO3/c1-13(2)9-19-14(3)5-8-20(15(19)4)23-18-7-6-16-10-17(12-24)22(25)26-21(16)11-18/h5-8,10-13,23H,9H2,1-4H3. The molecule has 3 rings (SSSR count). The first-order valence-corrected chi connectivity index (χ1v) is 8.78. The predicted octanol–water partition coefficient (Wildman–Crippen LogP) is 5.16. The van der Waals surface area contributed by atoms with Crippen LogP contribution in [0.1, 0.15) is 40.9 Å². The van der Waals surface area contributed by atoms with E-state index in [-0.39, 0.29) is 5.56 Å². The Balaban J connectivity index is 1.98. The molecule has 0 radical (unpaired) electrons. The molecule has 0 spiro atoms. The summed E-state index contributed by atoms with van der Waals surface area (Å²) in [4.78, 5) is 22.6. The average molecular weight is 349 g/mol. The molecule has 4 heteroatoms. The Morgan fingerprint density at radius 3 is 2.58 bits per heavy atom. The highest BCUT2D eigenvalue weighted by Gasteiger charge is 2.10. The average Bonchev–Trinajstić information content (AvgIpc) is 2.60. The fraction of sp³-hybridized carbons (Fsp3) is 0.273. The highest BCUT2D eigenvalue weighted by Crippen LogP contribution is 2.28. The van der Waals surface area contributed by atoms with E-state index in [9.17, 15) is 9.59 Å². The van der Waals surface area contributed by atoms with Crippen molar-refractivity contribution in [3.8, 4) is 0 Å². The van der Waals surface area contributed by atoms with Crippen LogP contribution in [-0.2, 0) is 6.42 Å². The van der Waals surface area contributed by atoms with Crippen LogP contribution in [0.3, 0.4) is 0 Å². The van der Waals surface area contributed by atoms with Crippen molar-refractivity contribution >= 4 is 28.6 Å². The predicted molar refractivity (Wildman–Crippen MR) is 106 cm³/mol. The third-order valence-electron chi connectivity index (χ3n) is 4.61. The monoisotopic (exact) mass is 349 g/mol. The van der Waals surface area contributed by atoms with Crippen LogP contribution in [0, 0.1) is 19.8 Å². The molecule has 0 amide bonds. The van der Waals surface area contributed by atoms with Gasteiger partial charge in [0.15, 0.2) is 6.29 Å². The Labute approximate surface area is 152 Å². The molecule has 0 unspecified atom stereocenters. The van der Waals surface area contributed by atoms with Crippen molar-refractivity contribution in [3.63, 3.8) is 0 Å². The van der Waals surface area contributed by atoms with Gasteiger partial charge in [0.2, 0.25) is 0 Å². The number of aldehydes is 1. The van der Waals surface area contributed by atoms with Crippen molar-refractivity contribution in [1.82, 2.24) is 0 Å². The van der Waals surface area contributed by atoms with Crippen LogP contribution < -0.4 is 10.9 Å². The maximum Gasteiger partial charge on any atom is 0.346 e. The number of nitrogens with one attached hydrogen (secondary N) is 1. The fourth-order valence-corrected chi connectivity index (χ4v) is 3.19. The zero-order chi connectivity index (χ0) is 18.8. The molecular weight excluding hydrogens is 326 g/mol. The molecular formula is C22H23NO3. The minimum absolute atomic E-state index is 0.0333. The van der Waals surface area contributed by atoms with Gasteiger partial charge in [-0.25, -0.2) is 4.79 Å². The van der Waals surface area contributed by atoms with Crippen molar-refractivity contribution < 1.29 is 9.21 Å². The summed E-state index contributed by atoms with van der Waals surface area (Å²) in [7, 11) is 0. The van der Waals surface area contributed by atoms with E-state index >= 15 is 0 Å². The number of rotatable bonds is 5. The summed E-state index contributed by atoms with van der Waals surface area (Å²) in [5, 5.41) is 4.14. The lowest BCUT2D eigenvalue weighted by molar-refractivity contribution is 0.112. The number of carbonyl (C=O) groups is 1. The van der Waals surface area contributed by atoms with E-state index in [1.807, 2.05) is 12.1 Å². The van der Waals surface area contributed by atoms with Gasteiger partial charge < -0.3 is 9.73 Å². The van der Waals surface area contributed by atoms with Crippen LogP contribution in [0.2, 0.25) is 0 Å². The number of benzene rings is 2. The van der Waals surface area contributed by atoms with Gasteiger partial charge in [-0.1, -0.05) is 19.9 Å². The smallest absolute Gasteiger partial charge is 0.346 e. The van der Waals surface area contributed by atoms with Gasteiger partial charge in [0.25, 0.3) is 0 Å². The zero-order valence-electron chi connectivity index (χ0n) is 15.6. The van der Waals surface area contributed by atoms with Crippen LogP contribution in [-0.4, -0.2) is 6.29 Å². The molecule has 0 aliphatic rings. The third kappa shape index (κ3) is 3.54. The van der Waals surface area contributed by atoms with Crippen LogP contribution >= 0.6 is 0 Å². The summed E-state index contributed by atoms with van der Waals surface area (Å²) in [6.45, 7) is 8.71. The number of anilines is 2. The first-order valence-electron chi connectivity index (χ1n) is 8.78. The quantitative estimate of drug-likeness (QED) is 0.510. The summed E-state index contributed by atoms with van der Waals surface area (Å²) in [6, 6.07) is 11.3. The van der Waals surface area contributed by atoms with Crippen molar-refractivity contribution in [1.29, 1.82) is 0 Å². The molecule has 1 N–H and O–H groups in total. The van der Waals surface area contributed by atoms with Crippen molar-refractivity contribution in [3.05, 3.63) is 69.1 Å². The maximum absolute atomic E-state index is 11.8. The maximum atomic E-state index is 11.8. The van der Waals surface area contributed by atoms with Crippen LogP contribution in [0.15, 0.2) is 45.6 Å². The Hall–Kier alpha value is -2.88. The summed E-state index contributed by atoms with van der Waals surface area (Å²) >= 11 is 0. The van der Waals surface area contributed by atoms with Gasteiger partial charge in [0, 0.05) is 22.8 Å². The van der Waals surface area contributed by atoms with Crippen molar-refractivity contribution in [2.45, 2.75) is 34.1 Å². The molecule has 0 atom stereocenters. The van der Waals surface area contributed by atoms with Gasteiger partial charge >= 0.3 is 5.63 Å². The molecule has 0 saturated carbocycles. The van der Waals surface area contributed by atoms with Gasteiger partial charge in [-0.15, -0.1) is 0 Å². The second-order valence-electron chi connectivity index (χ2n) is 7.12. The number of fused-ring (bicyclic) bond motifs is 1. The molecule has 134 valence electrons. The van der Waals surface area contributed by atoms with Gasteiger partial charge in [-0.2, -0.15) is 0 Å². The number of hydrogen-bond acceptors (Lipinski definition) is 4. The van der Waals surface area contributed by atoms with Crippen molar-refractivity contribution in [2.75, 3.05) is 5.32 Å². The van der Waals surface area contributed by atoms with E-state index in [1.54, 1.807) is 12.1 Å². The van der Waals surface area contributed by atoms with Crippen LogP contribution in [0.25, 0.3) is 11.0 Å². The molecule has 0 bridgehead atoms. The van der Waals surface area contributed by atoms with E-state index in [0.717, 1.165) is 23.2 Å². The summed E-state index contributed by atoms with van der Waals surface area (Å²) in [5.41, 5.74) is 5.65. The minimum atomic E-state index is -0.615. The molecule has 0 saturated heterocycles. The van der Waals surface area contributed by atoms with E-state index in [2.05, 4.69) is 45.1 Å². The zero-order valence-corrected chi connectivity index (χ0v) is 15.6. The van der Waals surface area contributed by atoms with Crippen LogP contribution in [0.4, 0.5) is 11.4 Å². The molecule has 3 aromatic rings. The summed E-state index contributed by atoms with van der Waals surface area (Å²) in [5.74, 6) is 0.588. The lowest BCUT2D eigenvalue weighted by atomic mass is 9.93. The largest absolute Gasteiger partial charge is 0.422 e. The van der Waals surface area contributed by atoms with E-state index in [0.29, 0.717) is 17.8 Å². The highest BCUT2D eigenvalue weighted by molar-refractivity contribution is 5.86. The summed E-state index contributed by atoms with van der Waals surface area (Å²) in [6.07, 6.45) is 1.55. The third-order valence-corrected chi connectivity index (χ3v) is 4.61. The van der Waals surface area contributed by atoms with Crippen molar-refractivity contribution in [2.24, 2.45) is 5.92 Å². The second kappa shape index (κ2) is 7.16. The lowest BCUT2D eigenvalue weighted by Crippen LogP contribution is -2.06. The van der Waals surface area contributed by atoms with E-state index in [1.165, 1.54) is 16.7 Å². The SMILES string of the molecule is Cc1ccc(Nc2ccc3cc(C=O)c(=O)oc3c2)c(C)c1CC(C)C. The molecule has 1 aromatic heterocycles. The molecule has 0 fully saturated rings. The van der Waals surface area contributed by atoms with Gasteiger partial charge in [-0.3, -0.25) is 4.79 Å². The Bertz CT molecular complexity index is 1030. The fourth-order valence-electron chi connectivity index (χ4n) is 3.19. The number of carbonyl (C=O) groups excluding carboxylic acids is 1. The highest BCUT2D eigenvalue weighted by atomic mass is 16.4. The van der Waals surface area contributed by atoms with E-state index < -0.39 is 5.63 Å². The van der Waals surface area contributed by atoms with E-state index in [4.69, 9.17) is 4.42 Å². The molecule has 4 nitrogen and oxygen atoms in total. The van der Waals surface area contributed by atoms with Gasteiger partial charge in [0.05, 0.1) is 0 Å². The Kier molecular flexibility index (Phi) is 4.94. The Morgan fingerprint density at radius 2 is 1.88 bits per heavy atom. The molecule has 1 heterocycles. The molecule has 26 heavy (non-hydrogen) atoms.